The monoisotopic (exact) mass is 529 g/mol. The fraction of sp³-hybridized carbons (Fsp3) is 0.440. The van der Waals surface area contributed by atoms with Gasteiger partial charge in [0.15, 0.2) is 17.3 Å². The van der Waals surface area contributed by atoms with Gasteiger partial charge in [-0.1, -0.05) is 11.6 Å². The molecule has 9 nitrogen and oxygen atoms in total. The van der Waals surface area contributed by atoms with Crippen molar-refractivity contribution >= 4 is 45.6 Å². The fourth-order valence-electron chi connectivity index (χ4n) is 4.69. The quantitative estimate of drug-likeness (QED) is 0.349. The van der Waals surface area contributed by atoms with Crippen LogP contribution in [0.25, 0.3) is 27.8 Å². The van der Waals surface area contributed by atoms with Gasteiger partial charge in [-0.3, -0.25) is 9.78 Å². The van der Waals surface area contributed by atoms with Crippen LogP contribution in [0.15, 0.2) is 24.8 Å². The molecule has 2 aliphatic rings. The number of imidazole rings is 1. The number of amides is 1. The summed E-state index contributed by atoms with van der Waals surface area (Å²) in [6, 6.07) is -0.0481. The van der Waals surface area contributed by atoms with Crippen molar-refractivity contribution in [2.45, 2.75) is 58.0 Å². The van der Waals surface area contributed by atoms with Crippen LogP contribution >= 0.6 is 11.6 Å². The third kappa shape index (κ3) is 4.40. The molecule has 4 aromatic rings. The molecule has 2 fully saturated rings. The van der Waals surface area contributed by atoms with Gasteiger partial charge in [-0.05, 0) is 39.5 Å². The molecule has 3 unspecified atom stereocenters. The number of halogens is 3. The van der Waals surface area contributed by atoms with Crippen LogP contribution in [0.3, 0.4) is 0 Å². The maximum atomic E-state index is 15.7. The molecule has 1 aromatic carbocycles. The molecule has 12 heteroatoms. The van der Waals surface area contributed by atoms with Crippen molar-refractivity contribution in [2.24, 2.45) is 5.92 Å². The maximum Gasteiger partial charge on any atom is 0.231 e. The smallest absolute Gasteiger partial charge is 0.231 e. The van der Waals surface area contributed by atoms with Crippen molar-refractivity contribution in [1.82, 2.24) is 24.1 Å². The van der Waals surface area contributed by atoms with Crippen LogP contribution < -0.4 is 10.6 Å². The van der Waals surface area contributed by atoms with Crippen LogP contribution in [0, 0.1) is 11.7 Å². The van der Waals surface area contributed by atoms with Crippen molar-refractivity contribution in [3.05, 3.63) is 35.6 Å². The van der Waals surface area contributed by atoms with Gasteiger partial charge in [-0.15, -0.1) is 0 Å². The van der Waals surface area contributed by atoms with Gasteiger partial charge in [-0.2, -0.15) is 5.10 Å². The largest absolute Gasteiger partial charge is 0.379 e. The second-order valence-corrected chi connectivity index (χ2v) is 10.3. The topological polar surface area (TPSA) is 98.4 Å². The van der Waals surface area contributed by atoms with E-state index in [-0.39, 0.29) is 35.2 Å². The van der Waals surface area contributed by atoms with E-state index in [4.69, 9.17) is 21.4 Å². The van der Waals surface area contributed by atoms with Gasteiger partial charge in [0, 0.05) is 36.0 Å². The Bertz CT molecular complexity index is 1510. The molecule has 4 heterocycles. The first-order valence-electron chi connectivity index (χ1n) is 12.4. The molecule has 0 spiro atoms. The van der Waals surface area contributed by atoms with Gasteiger partial charge in [0.05, 0.1) is 29.0 Å². The SMILES string of the molecule is CC(C)Nc1c(F)c(Cl)c(-c2cn3cc(NC(=O)C4CC4F)nc3cn2)c2cn(C3CCCCO3)nc12. The lowest BCUT2D eigenvalue weighted by molar-refractivity contribution is -0.117. The normalized spacial score (nSPS) is 21.6. The number of hydrogen-bond donors (Lipinski definition) is 2. The number of nitrogens with zero attached hydrogens (tertiary/aromatic N) is 5. The number of hydrogen-bond acceptors (Lipinski definition) is 6. The lowest BCUT2D eigenvalue weighted by Crippen LogP contribution is -2.18. The minimum absolute atomic E-state index is 0.0481. The summed E-state index contributed by atoms with van der Waals surface area (Å²) in [5.41, 5.74) is 1.93. The van der Waals surface area contributed by atoms with Gasteiger partial charge in [-0.25, -0.2) is 18.4 Å². The average molecular weight is 530 g/mol. The first-order valence-corrected chi connectivity index (χ1v) is 12.8. The highest BCUT2D eigenvalue weighted by molar-refractivity contribution is 6.35. The molecule has 1 saturated heterocycles. The summed E-state index contributed by atoms with van der Waals surface area (Å²) in [4.78, 5) is 21.0. The fourth-order valence-corrected chi connectivity index (χ4v) is 4.99. The summed E-state index contributed by atoms with van der Waals surface area (Å²) in [5.74, 6) is -1.36. The summed E-state index contributed by atoms with van der Waals surface area (Å²) in [5, 5.41) is 11.0. The predicted octanol–water partition coefficient (Wildman–Crippen LogP) is 5.35. The third-order valence-electron chi connectivity index (χ3n) is 6.65. The zero-order chi connectivity index (χ0) is 25.8. The second kappa shape index (κ2) is 9.21. The first-order chi connectivity index (χ1) is 17.8. The van der Waals surface area contributed by atoms with Crippen LogP contribution in [0.1, 0.15) is 45.8 Å². The Hall–Kier alpha value is -3.31. The minimum Gasteiger partial charge on any atom is -0.379 e. The van der Waals surface area contributed by atoms with Gasteiger partial charge in [0.2, 0.25) is 5.91 Å². The minimum atomic E-state index is -1.10. The van der Waals surface area contributed by atoms with E-state index >= 15 is 4.39 Å². The molecule has 2 N–H and O–H groups in total. The van der Waals surface area contributed by atoms with Crippen LogP contribution in [-0.2, 0) is 9.53 Å². The zero-order valence-electron chi connectivity index (χ0n) is 20.3. The van der Waals surface area contributed by atoms with Crippen molar-refractivity contribution in [3.8, 4) is 11.3 Å². The summed E-state index contributed by atoms with van der Waals surface area (Å²) in [7, 11) is 0. The van der Waals surface area contributed by atoms with E-state index in [2.05, 4.69) is 20.6 Å². The number of alkyl halides is 1. The molecule has 1 saturated carbocycles. The number of carbonyl (C=O) groups excluding carboxylic acids is 1. The summed E-state index contributed by atoms with van der Waals surface area (Å²) < 4.78 is 38.2. The highest BCUT2D eigenvalue weighted by atomic mass is 35.5. The maximum absolute atomic E-state index is 15.7. The lowest BCUT2D eigenvalue weighted by atomic mass is 10.0. The zero-order valence-corrected chi connectivity index (χ0v) is 21.1. The second-order valence-electron chi connectivity index (χ2n) is 9.88. The van der Waals surface area contributed by atoms with Crippen molar-refractivity contribution in [1.29, 1.82) is 0 Å². The van der Waals surface area contributed by atoms with Gasteiger partial charge in [0.25, 0.3) is 0 Å². The number of nitrogens with one attached hydrogen (secondary N) is 2. The number of anilines is 2. The van der Waals surface area contributed by atoms with Crippen molar-refractivity contribution in [3.63, 3.8) is 0 Å². The molecule has 1 aliphatic heterocycles. The standard InChI is InChI=1S/C25H26ClF2N7O2/c1-12(2)30-24-22(28)21(26)20(14-9-35(33-23(14)24)19-5-3-4-6-37-19)16-10-34-11-17(31-18(34)8-29-16)32-25(36)13-7-15(13)27/h8-13,15,19,30H,3-7H2,1-2H3,(H,32,36). The van der Waals surface area contributed by atoms with E-state index in [1.807, 2.05) is 20.0 Å². The molecule has 194 valence electrons. The molecular weight excluding hydrogens is 504 g/mol. The van der Waals surface area contributed by atoms with Crippen LogP contribution in [0.4, 0.5) is 20.3 Å². The lowest BCUT2D eigenvalue weighted by Gasteiger charge is -2.22. The number of aromatic nitrogens is 5. The highest BCUT2D eigenvalue weighted by Gasteiger charge is 2.43. The Kier molecular flexibility index (Phi) is 5.99. The van der Waals surface area contributed by atoms with Gasteiger partial charge in [0.1, 0.15) is 23.6 Å². The number of carbonyl (C=O) groups is 1. The Labute approximate surface area is 216 Å². The van der Waals surface area contributed by atoms with Crippen molar-refractivity contribution in [2.75, 3.05) is 17.2 Å². The summed E-state index contributed by atoms with van der Waals surface area (Å²) in [6.07, 6.45) is 8.31. The number of ether oxygens (including phenoxy) is 1. The molecule has 3 atom stereocenters. The Morgan fingerprint density at radius 1 is 1.27 bits per heavy atom. The van der Waals surface area contributed by atoms with E-state index < -0.39 is 23.8 Å². The first kappa shape index (κ1) is 24.1. The van der Waals surface area contributed by atoms with E-state index in [0.717, 1.165) is 19.3 Å². The third-order valence-corrected chi connectivity index (χ3v) is 7.01. The molecule has 37 heavy (non-hydrogen) atoms. The summed E-state index contributed by atoms with van der Waals surface area (Å²) >= 11 is 6.63. The number of benzene rings is 1. The van der Waals surface area contributed by atoms with Gasteiger partial charge < -0.3 is 19.8 Å². The molecule has 1 amide bonds. The Balaban J connectivity index is 1.45. The van der Waals surface area contributed by atoms with Crippen molar-refractivity contribution < 1.29 is 18.3 Å². The van der Waals surface area contributed by atoms with Crippen LogP contribution in [0.5, 0.6) is 0 Å². The Morgan fingerprint density at radius 2 is 2.08 bits per heavy atom. The van der Waals surface area contributed by atoms with Crippen LogP contribution in [-0.4, -0.2) is 48.9 Å². The average Bonchev–Trinajstić information content (AvgIpc) is 3.26. The molecule has 0 bridgehead atoms. The van der Waals surface area contributed by atoms with E-state index in [1.165, 1.54) is 6.20 Å². The van der Waals surface area contributed by atoms with Gasteiger partial charge >= 0.3 is 0 Å². The molecular formula is C25H26ClF2N7O2. The molecule has 3 aromatic heterocycles. The molecule has 0 radical (unpaired) electrons. The van der Waals surface area contributed by atoms with E-state index in [1.54, 1.807) is 21.5 Å². The van der Waals surface area contributed by atoms with Crippen LogP contribution in [0.2, 0.25) is 5.02 Å². The predicted molar refractivity (Wildman–Crippen MR) is 136 cm³/mol. The molecule has 6 rings (SSSR count). The number of fused-ring (bicyclic) bond motifs is 2. The number of rotatable bonds is 6. The molecule has 1 aliphatic carbocycles. The summed E-state index contributed by atoms with van der Waals surface area (Å²) in [6.45, 7) is 4.47. The Morgan fingerprint density at radius 3 is 2.78 bits per heavy atom. The van der Waals surface area contributed by atoms with E-state index in [9.17, 15) is 9.18 Å². The highest BCUT2D eigenvalue weighted by Crippen LogP contribution is 2.42. The van der Waals surface area contributed by atoms with E-state index in [0.29, 0.717) is 34.4 Å².